The Labute approximate surface area is 486 Å². The van der Waals surface area contributed by atoms with Crippen molar-refractivity contribution in [1.82, 2.24) is 9.97 Å². The second-order valence-electron chi connectivity index (χ2n) is 23.8. The number of hydrogen-bond donors (Lipinski definition) is 0. The SMILES string of the molecule is C=Cc1c2cc(c3c1-c1cccc[n+]1C3)Cc1cc3cc(ccc3c3c1[pH][n+]1ccccc31)C2.CC(C)(C)c1ccc2c(c1)C(c1cccc(-c3[c-]cccc3)n1)(c1cccc(-c3[c-]cccc3)n1)c1cc(C(C)(C)C)ccc1-2.[Pt+2]. The monoisotopic (exact) mass is 1230 g/mol. The number of rotatable bonds is 5. The molecule has 3 aliphatic rings. The van der Waals surface area contributed by atoms with E-state index in [0.29, 0.717) is 8.35 Å². The third kappa shape index (κ3) is 8.45. The van der Waals surface area contributed by atoms with Crippen molar-refractivity contribution in [2.75, 3.05) is 0 Å². The Kier molecular flexibility index (Phi) is 12.7. The Morgan fingerprint density at radius 3 is 1.82 bits per heavy atom. The molecule has 0 spiro atoms. The van der Waals surface area contributed by atoms with Gasteiger partial charge in [0.05, 0.1) is 27.5 Å². The van der Waals surface area contributed by atoms with Gasteiger partial charge in [-0.05, 0) is 137 Å². The summed E-state index contributed by atoms with van der Waals surface area (Å²) in [6, 6.07) is 75.0. The molecular weight excluding hydrogens is 1170 g/mol. The third-order valence-electron chi connectivity index (χ3n) is 16.9. The summed E-state index contributed by atoms with van der Waals surface area (Å²) in [6.07, 6.45) is 8.44. The van der Waals surface area contributed by atoms with E-state index in [-0.39, 0.29) is 31.9 Å². The van der Waals surface area contributed by atoms with Gasteiger partial charge in [0, 0.05) is 29.8 Å². The van der Waals surface area contributed by atoms with E-state index in [9.17, 15) is 0 Å². The molecule has 1 aliphatic heterocycles. The zero-order valence-electron chi connectivity index (χ0n) is 46.1. The molecule has 0 saturated heterocycles. The van der Waals surface area contributed by atoms with Gasteiger partial charge in [-0.2, -0.15) is 8.73 Å². The first-order valence-corrected chi connectivity index (χ1v) is 28.6. The number of hydrogen-bond acceptors (Lipinski definition) is 2. The maximum Gasteiger partial charge on any atom is 2.00 e. The van der Waals surface area contributed by atoms with Gasteiger partial charge < -0.3 is 0 Å². The van der Waals surface area contributed by atoms with Crippen molar-refractivity contribution in [3.8, 4) is 44.9 Å². The van der Waals surface area contributed by atoms with Crippen molar-refractivity contribution < 1.29 is 29.8 Å². The molecule has 0 N–H and O–H groups in total. The molecule has 6 heterocycles. The quantitative estimate of drug-likeness (QED) is 0.127. The fourth-order valence-corrected chi connectivity index (χ4v) is 14.3. The molecule has 15 rings (SSSR count). The van der Waals surface area contributed by atoms with E-state index in [1.54, 1.807) is 0 Å². The maximum absolute atomic E-state index is 5.48. The van der Waals surface area contributed by atoms with Crippen molar-refractivity contribution in [3.05, 3.63) is 286 Å². The van der Waals surface area contributed by atoms with Gasteiger partial charge in [0.1, 0.15) is 13.8 Å². The van der Waals surface area contributed by atoms with Gasteiger partial charge in [-0.15, -0.1) is 71.8 Å². The first kappa shape index (κ1) is 51.6. The first-order chi connectivity index (χ1) is 38.3. The van der Waals surface area contributed by atoms with E-state index in [1.807, 2.05) is 36.4 Å². The Balaban J connectivity index is 0.000000154. The minimum atomic E-state index is -0.747. The van der Waals surface area contributed by atoms with Crippen LogP contribution >= 0.6 is 8.35 Å². The standard InChI is InChI=1S/C43H38N2.C31H23N2P.Pt/c1-41(2,3)31-23-25-33-34-26-24-32(42(4,5)6)28-36(34)43(35(33)27-31,39-21-13-19-37(44-39)29-15-9-7-10-16-29)40-22-14-20-38(45-40)30-17-11-8-12-18-30;1-2-24-20-13-19-9-10-25-21(14-19)16-23(31-30(25)28-8-4-6-12-33(28)34-31)17-22(15-20)26-18-32-11-5-3-7-27(32)29(24)26;/h7-15,17,19-28H,1-6H3;2-12,14-16,34H,1,13,17-18H2;/q-2;2*+2. The van der Waals surface area contributed by atoms with E-state index >= 15 is 0 Å². The van der Waals surface area contributed by atoms with E-state index in [4.69, 9.17) is 9.97 Å². The summed E-state index contributed by atoms with van der Waals surface area (Å²) in [5.41, 5.74) is 24.8. The average Bonchev–Trinajstić information content (AvgIpc) is 3.65. The fraction of sp³-hybridized carbons (Fsp3) is 0.162. The number of nitrogens with zero attached hydrogens (tertiary/aromatic N) is 4. The van der Waals surface area contributed by atoms with Crippen LogP contribution in [0.25, 0.3) is 77.8 Å². The molecular formula is C74H61N4PPt+2. The minimum absolute atomic E-state index is 0. The van der Waals surface area contributed by atoms with Gasteiger partial charge in [0.2, 0.25) is 11.2 Å². The number of fused-ring (bicyclic) bond motifs is 16. The molecule has 0 radical (unpaired) electrons. The van der Waals surface area contributed by atoms with Gasteiger partial charge in [0.25, 0.3) is 0 Å². The third-order valence-corrected chi connectivity index (χ3v) is 18.3. The summed E-state index contributed by atoms with van der Waals surface area (Å²) in [5.74, 6) is 0. The molecule has 6 heteroatoms. The van der Waals surface area contributed by atoms with Gasteiger partial charge in [-0.25, -0.2) is 0 Å². The molecule has 1 atom stereocenters. The Morgan fingerprint density at radius 1 is 0.588 bits per heavy atom. The molecule has 390 valence electrons. The van der Waals surface area contributed by atoms with Crippen molar-refractivity contribution in [2.45, 2.75) is 77.2 Å². The average molecular weight is 1230 g/mol. The topological polar surface area (TPSA) is 33.8 Å². The second kappa shape index (κ2) is 19.7. The molecule has 5 aromatic heterocycles. The molecule has 80 heavy (non-hydrogen) atoms. The Bertz CT molecular complexity index is 4300. The predicted molar refractivity (Wildman–Crippen MR) is 326 cm³/mol. The minimum Gasteiger partial charge on any atom is -0.300 e. The van der Waals surface area contributed by atoms with Crippen LogP contribution in [0.4, 0.5) is 0 Å². The van der Waals surface area contributed by atoms with Crippen LogP contribution in [0.3, 0.4) is 0 Å². The maximum atomic E-state index is 5.48. The van der Waals surface area contributed by atoms with Crippen molar-refractivity contribution in [2.24, 2.45) is 0 Å². The molecule has 0 fully saturated rings. The fourth-order valence-electron chi connectivity index (χ4n) is 13.0. The zero-order chi connectivity index (χ0) is 53.8. The summed E-state index contributed by atoms with van der Waals surface area (Å²) in [6.45, 7) is 18.9. The summed E-state index contributed by atoms with van der Waals surface area (Å²) < 4.78 is 4.83. The van der Waals surface area contributed by atoms with Gasteiger partial charge in [-0.1, -0.05) is 139 Å². The van der Waals surface area contributed by atoms with Crippen LogP contribution in [-0.4, -0.2) is 9.97 Å². The normalized spacial score (nSPS) is 13.6. The Hall–Kier alpha value is -7.87. The van der Waals surface area contributed by atoms with Crippen LogP contribution in [0.5, 0.6) is 0 Å². The van der Waals surface area contributed by atoms with Gasteiger partial charge in [-0.3, -0.25) is 9.97 Å². The van der Waals surface area contributed by atoms with Crippen molar-refractivity contribution >= 4 is 41.2 Å². The van der Waals surface area contributed by atoms with Crippen LogP contribution in [0.2, 0.25) is 0 Å². The smallest absolute Gasteiger partial charge is 0.300 e. The van der Waals surface area contributed by atoms with Crippen LogP contribution < -0.4 is 8.73 Å². The van der Waals surface area contributed by atoms with Crippen molar-refractivity contribution in [3.63, 3.8) is 0 Å². The van der Waals surface area contributed by atoms with Crippen LogP contribution in [-0.2, 0) is 56.7 Å². The number of aromatic nitrogens is 4. The molecule has 12 aromatic rings. The van der Waals surface area contributed by atoms with Gasteiger partial charge >= 0.3 is 21.1 Å². The molecule has 0 amide bonds. The summed E-state index contributed by atoms with van der Waals surface area (Å²) in [5, 5.41) is 5.70. The zero-order valence-corrected chi connectivity index (χ0v) is 49.3. The molecule has 1 unspecified atom stereocenters. The van der Waals surface area contributed by atoms with E-state index in [1.165, 1.54) is 105 Å². The van der Waals surface area contributed by atoms with E-state index in [2.05, 4.69) is 239 Å². The van der Waals surface area contributed by atoms with Crippen LogP contribution in [0.15, 0.2) is 207 Å². The van der Waals surface area contributed by atoms with E-state index in [0.717, 1.165) is 53.3 Å². The molecule has 0 saturated carbocycles. The molecule has 4 nitrogen and oxygen atoms in total. The van der Waals surface area contributed by atoms with Crippen LogP contribution in [0.1, 0.15) is 109 Å². The summed E-state index contributed by atoms with van der Waals surface area (Å²) in [7, 11) is 0.647. The van der Waals surface area contributed by atoms with E-state index < -0.39 is 5.41 Å². The predicted octanol–water partition coefficient (Wildman–Crippen LogP) is 16.6. The summed E-state index contributed by atoms with van der Waals surface area (Å²) >= 11 is 0. The Morgan fingerprint density at radius 2 is 1.21 bits per heavy atom. The van der Waals surface area contributed by atoms with Crippen molar-refractivity contribution in [1.29, 1.82) is 0 Å². The van der Waals surface area contributed by atoms with Gasteiger partial charge in [0.15, 0.2) is 18.9 Å². The second-order valence-corrected chi connectivity index (χ2v) is 25.0. The number of benzene rings is 7. The first-order valence-electron chi connectivity index (χ1n) is 27.7. The molecule has 7 aromatic carbocycles. The number of pyridine rings is 4. The largest absolute Gasteiger partial charge is 2.00 e. The molecule has 2 aliphatic carbocycles. The summed E-state index contributed by atoms with van der Waals surface area (Å²) in [4.78, 5) is 11.0. The van der Waals surface area contributed by atoms with Crippen LogP contribution in [0, 0.1) is 12.1 Å². The molecule has 5 bridgehead atoms.